The predicted molar refractivity (Wildman–Crippen MR) is 56.3 cm³/mol. The molecular weight excluding hydrogens is 276 g/mol. The molecule has 0 aliphatic rings. The van der Waals surface area contributed by atoms with Crippen LogP contribution >= 0.6 is 46.4 Å². The van der Waals surface area contributed by atoms with Crippen molar-refractivity contribution in [3.8, 4) is 0 Å². The number of nitrogens with one attached hydrogen (secondary N) is 1. The van der Waals surface area contributed by atoms with Crippen molar-refractivity contribution in [2.24, 2.45) is 0 Å². The van der Waals surface area contributed by atoms with Crippen LogP contribution in [0.5, 0.6) is 0 Å². The average molecular weight is 285 g/mol. The molecule has 0 saturated carbocycles. The van der Waals surface area contributed by atoms with Crippen molar-refractivity contribution in [3.05, 3.63) is 0 Å². The molecular formula is C6H9Cl4NO3. The standard InChI is InChI=1S/C6H9Cl4NO3/c1-13-5(12)11-4(6(8,9)10)14-3-2-7/h4H,2-3H2,1H3,(H,11,12)/t4-/m1/s1. The van der Waals surface area contributed by atoms with Crippen LogP contribution in [-0.4, -0.2) is 35.7 Å². The smallest absolute Gasteiger partial charge is 0.409 e. The van der Waals surface area contributed by atoms with Crippen molar-refractivity contribution in [2.75, 3.05) is 19.6 Å². The Kier molecular flexibility index (Phi) is 6.99. The maximum absolute atomic E-state index is 10.8. The summed E-state index contributed by atoms with van der Waals surface area (Å²) in [4.78, 5) is 10.8. The van der Waals surface area contributed by atoms with Crippen molar-refractivity contribution < 1.29 is 14.3 Å². The van der Waals surface area contributed by atoms with Crippen LogP contribution in [0.3, 0.4) is 0 Å². The molecule has 8 heteroatoms. The SMILES string of the molecule is COC(=O)N[C@H](OCCCl)C(Cl)(Cl)Cl. The number of hydrogen-bond acceptors (Lipinski definition) is 3. The molecule has 0 aromatic heterocycles. The van der Waals surface area contributed by atoms with Crippen LogP contribution in [0, 0.1) is 0 Å². The number of methoxy groups -OCH3 is 1. The lowest BCUT2D eigenvalue weighted by molar-refractivity contribution is 0.0402. The Morgan fingerprint density at radius 2 is 2.07 bits per heavy atom. The summed E-state index contributed by atoms with van der Waals surface area (Å²) in [5, 5.41) is 2.20. The molecule has 0 unspecified atom stereocenters. The van der Waals surface area contributed by atoms with Crippen LogP contribution in [0.1, 0.15) is 0 Å². The van der Waals surface area contributed by atoms with Crippen LogP contribution in [-0.2, 0) is 9.47 Å². The topological polar surface area (TPSA) is 47.6 Å². The van der Waals surface area contributed by atoms with Gasteiger partial charge >= 0.3 is 6.09 Å². The zero-order valence-electron chi connectivity index (χ0n) is 7.23. The first kappa shape index (κ1) is 14.4. The summed E-state index contributed by atoms with van der Waals surface area (Å²) in [6.45, 7) is 0.143. The Morgan fingerprint density at radius 1 is 1.50 bits per heavy atom. The van der Waals surface area contributed by atoms with E-state index < -0.39 is 16.1 Å². The molecule has 1 amide bonds. The minimum atomic E-state index is -1.78. The molecule has 0 aromatic carbocycles. The van der Waals surface area contributed by atoms with Gasteiger partial charge in [0.05, 0.1) is 13.7 Å². The number of amides is 1. The average Bonchev–Trinajstić information content (AvgIpc) is 2.09. The van der Waals surface area contributed by atoms with Crippen molar-refractivity contribution in [1.82, 2.24) is 5.32 Å². The van der Waals surface area contributed by atoms with Gasteiger partial charge in [-0.1, -0.05) is 34.8 Å². The van der Waals surface area contributed by atoms with Gasteiger partial charge in [0, 0.05) is 5.88 Å². The second-order valence-electron chi connectivity index (χ2n) is 2.12. The van der Waals surface area contributed by atoms with E-state index in [1.807, 2.05) is 0 Å². The minimum Gasteiger partial charge on any atom is -0.453 e. The van der Waals surface area contributed by atoms with Crippen molar-refractivity contribution in [2.45, 2.75) is 10.0 Å². The largest absolute Gasteiger partial charge is 0.453 e. The Balaban J connectivity index is 4.18. The summed E-state index contributed by atoms with van der Waals surface area (Å²) >= 11 is 22.0. The molecule has 14 heavy (non-hydrogen) atoms. The van der Waals surface area contributed by atoms with Crippen molar-refractivity contribution in [1.29, 1.82) is 0 Å². The second-order valence-corrected chi connectivity index (χ2v) is 4.86. The highest BCUT2D eigenvalue weighted by Gasteiger charge is 2.35. The minimum absolute atomic E-state index is 0.143. The molecule has 1 N–H and O–H groups in total. The molecule has 0 rings (SSSR count). The van der Waals surface area contributed by atoms with Gasteiger partial charge in [0.15, 0.2) is 6.23 Å². The molecule has 0 saturated heterocycles. The molecule has 0 aliphatic heterocycles. The molecule has 4 nitrogen and oxygen atoms in total. The summed E-state index contributed by atoms with van der Waals surface area (Å²) in [6.07, 6.45) is -1.85. The van der Waals surface area contributed by atoms with Crippen LogP contribution in [0.25, 0.3) is 0 Å². The van der Waals surface area contributed by atoms with Crippen LogP contribution in [0.2, 0.25) is 0 Å². The van der Waals surface area contributed by atoms with E-state index in [-0.39, 0.29) is 12.5 Å². The third kappa shape index (κ3) is 5.98. The van der Waals surface area contributed by atoms with Crippen molar-refractivity contribution in [3.63, 3.8) is 0 Å². The first-order valence-electron chi connectivity index (χ1n) is 3.50. The predicted octanol–water partition coefficient (Wildman–Crippen LogP) is 2.29. The number of carbonyl (C=O) groups is 1. The van der Waals surface area contributed by atoms with Gasteiger partial charge in [-0.3, -0.25) is 5.32 Å². The van der Waals surface area contributed by atoms with E-state index in [2.05, 4.69) is 10.1 Å². The summed E-state index contributed by atoms with van der Waals surface area (Å²) in [5.74, 6) is 0.222. The molecule has 84 valence electrons. The lowest BCUT2D eigenvalue weighted by atomic mass is 10.6. The maximum atomic E-state index is 10.8. The van der Waals surface area contributed by atoms with Gasteiger partial charge in [-0.15, -0.1) is 11.6 Å². The molecule has 0 heterocycles. The highest BCUT2D eigenvalue weighted by molar-refractivity contribution is 6.68. The number of carbonyl (C=O) groups excluding carboxylic acids is 1. The van der Waals surface area contributed by atoms with E-state index in [4.69, 9.17) is 51.1 Å². The normalized spacial score (nSPS) is 13.5. The molecule has 0 aromatic rings. The molecule has 0 aliphatic carbocycles. The van der Waals surface area contributed by atoms with E-state index in [1.165, 1.54) is 7.11 Å². The fourth-order valence-corrected chi connectivity index (χ4v) is 0.988. The van der Waals surface area contributed by atoms with Gasteiger partial charge in [0.1, 0.15) is 0 Å². The summed E-state index contributed by atoms with van der Waals surface area (Å²) in [7, 11) is 1.19. The quantitative estimate of drug-likeness (QED) is 0.636. The number of alkyl carbamates (subject to hydrolysis) is 1. The monoisotopic (exact) mass is 283 g/mol. The number of hydrogen-bond donors (Lipinski definition) is 1. The first-order valence-corrected chi connectivity index (χ1v) is 5.17. The fourth-order valence-electron chi connectivity index (χ4n) is 0.546. The van der Waals surface area contributed by atoms with Gasteiger partial charge in [-0.2, -0.15) is 0 Å². The van der Waals surface area contributed by atoms with Crippen LogP contribution in [0.15, 0.2) is 0 Å². The lowest BCUT2D eigenvalue weighted by Gasteiger charge is -2.24. The van der Waals surface area contributed by atoms with Gasteiger partial charge in [-0.05, 0) is 0 Å². The lowest BCUT2D eigenvalue weighted by Crippen LogP contribution is -2.46. The molecule has 1 atom stereocenters. The second kappa shape index (κ2) is 6.80. The summed E-state index contributed by atoms with van der Waals surface area (Å²) in [5.41, 5.74) is 0. The van der Waals surface area contributed by atoms with E-state index in [1.54, 1.807) is 0 Å². The number of alkyl halides is 4. The van der Waals surface area contributed by atoms with Gasteiger partial charge < -0.3 is 9.47 Å². The Bertz CT molecular complexity index is 184. The first-order chi connectivity index (χ1) is 6.41. The number of ether oxygens (including phenoxy) is 2. The molecule has 0 bridgehead atoms. The van der Waals surface area contributed by atoms with E-state index in [0.29, 0.717) is 0 Å². The zero-order valence-corrected chi connectivity index (χ0v) is 10.3. The van der Waals surface area contributed by atoms with Gasteiger partial charge in [-0.25, -0.2) is 4.79 Å². The highest BCUT2D eigenvalue weighted by Crippen LogP contribution is 2.30. The molecule has 0 radical (unpaired) electrons. The van der Waals surface area contributed by atoms with Gasteiger partial charge in [0.25, 0.3) is 0 Å². The Morgan fingerprint density at radius 3 is 2.43 bits per heavy atom. The maximum Gasteiger partial charge on any atom is 0.409 e. The molecule has 0 fully saturated rings. The van der Waals surface area contributed by atoms with E-state index in [9.17, 15) is 4.79 Å². The fraction of sp³-hybridized carbons (Fsp3) is 0.833. The number of halogens is 4. The molecule has 0 spiro atoms. The van der Waals surface area contributed by atoms with Crippen LogP contribution in [0.4, 0.5) is 4.79 Å². The summed E-state index contributed by atoms with van der Waals surface area (Å²) in [6, 6.07) is 0. The third-order valence-corrected chi connectivity index (χ3v) is 1.84. The van der Waals surface area contributed by atoms with E-state index in [0.717, 1.165) is 0 Å². The Hall–Kier alpha value is 0.390. The van der Waals surface area contributed by atoms with E-state index >= 15 is 0 Å². The van der Waals surface area contributed by atoms with Gasteiger partial charge in [0.2, 0.25) is 3.79 Å². The van der Waals surface area contributed by atoms with Crippen molar-refractivity contribution >= 4 is 52.5 Å². The summed E-state index contributed by atoms with van der Waals surface area (Å²) < 4.78 is 7.53. The third-order valence-electron chi connectivity index (χ3n) is 1.09. The highest BCUT2D eigenvalue weighted by atomic mass is 35.6. The number of rotatable bonds is 4. The zero-order chi connectivity index (χ0) is 11.2. The van der Waals surface area contributed by atoms with Crippen LogP contribution < -0.4 is 5.32 Å². The Labute approximate surface area is 102 Å².